The van der Waals surface area contributed by atoms with E-state index in [0.29, 0.717) is 28.6 Å². The molecule has 9 nitrogen and oxygen atoms in total. The summed E-state index contributed by atoms with van der Waals surface area (Å²) >= 11 is 0. The second-order valence-electron chi connectivity index (χ2n) is 5.67. The second kappa shape index (κ2) is 10.00. The van der Waals surface area contributed by atoms with Crippen molar-refractivity contribution in [1.29, 1.82) is 0 Å². The van der Waals surface area contributed by atoms with Crippen LogP contribution in [0.1, 0.15) is 15.9 Å². The molecule has 0 aliphatic rings. The Bertz CT molecular complexity index is 884. The summed E-state index contributed by atoms with van der Waals surface area (Å²) < 4.78 is 20.8. The highest BCUT2D eigenvalue weighted by Crippen LogP contribution is 2.38. The monoisotopic (exact) mass is 401 g/mol. The molecule has 0 saturated carbocycles. The van der Waals surface area contributed by atoms with Gasteiger partial charge in [0, 0.05) is 5.56 Å². The van der Waals surface area contributed by atoms with Crippen LogP contribution in [0.15, 0.2) is 42.1 Å². The van der Waals surface area contributed by atoms with E-state index in [1.54, 1.807) is 31.4 Å². The smallest absolute Gasteiger partial charge is 0.281 e. The minimum Gasteiger partial charge on any atom is -0.497 e. The van der Waals surface area contributed by atoms with E-state index in [1.807, 2.05) is 5.43 Å². The van der Waals surface area contributed by atoms with Crippen LogP contribution in [-0.4, -0.2) is 40.3 Å². The molecule has 2 aromatic carbocycles. The number of nitrogens with two attached hydrogens (primary N) is 1. The predicted octanol–water partition coefficient (Wildman–Crippen LogP) is 1.48. The fourth-order valence-corrected chi connectivity index (χ4v) is 2.51. The molecule has 0 unspecified atom stereocenters. The van der Waals surface area contributed by atoms with E-state index in [4.69, 9.17) is 24.8 Å². The number of ether oxygens (including phenoxy) is 4. The lowest BCUT2D eigenvalue weighted by atomic mass is 10.1. The number of carbonyl (C=O) groups is 2. The average Bonchev–Trinajstić information content (AvgIpc) is 2.77. The number of carbonyl (C=O) groups excluding carboxylic acids is 2. The predicted molar refractivity (Wildman–Crippen MR) is 107 cm³/mol. The first-order valence-electron chi connectivity index (χ1n) is 8.45. The lowest BCUT2D eigenvalue weighted by Gasteiger charge is -2.14. The van der Waals surface area contributed by atoms with Crippen LogP contribution in [0, 0.1) is 0 Å². The number of nitrogens with one attached hydrogen (secondary N) is 2. The average molecular weight is 401 g/mol. The summed E-state index contributed by atoms with van der Waals surface area (Å²) in [5.74, 6) is 5.64. The zero-order valence-electron chi connectivity index (χ0n) is 16.6. The van der Waals surface area contributed by atoms with Crippen molar-refractivity contribution in [2.45, 2.75) is 0 Å². The Morgan fingerprint density at radius 2 is 1.48 bits per heavy atom. The molecule has 0 heterocycles. The van der Waals surface area contributed by atoms with Gasteiger partial charge in [0.2, 0.25) is 5.75 Å². The fraction of sp³-hybridized carbons (Fsp3) is 0.200. The molecule has 29 heavy (non-hydrogen) atoms. The van der Waals surface area contributed by atoms with E-state index >= 15 is 0 Å². The van der Waals surface area contributed by atoms with Crippen LogP contribution in [0.5, 0.6) is 23.0 Å². The molecule has 4 N–H and O–H groups in total. The van der Waals surface area contributed by atoms with E-state index in [1.165, 1.54) is 39.5 Å². The number of hydrazine groups is 1. The summed E-state index contributed by atoms with van der Waals surface area (Å²) in [5, 5.41) is 2.55. The molecule has 0 saturated heterocycles. The van der Waals surface area contributed by atoms with Gasteiger partial charge in [0.05, 0.1) is 28.4 Å². The zero-order valence-corrected chi connectivity index (χ0v) is 16.6. The molecular formula is C20H23N3O6. The second-order valence-corrected chi connectivity index (χ2v) is 5.67. The number of benzene rings is 2. The van der Waals surface area contributed by atoms with E-state index in [-0.39, 0.29) is 11.3 Å². The Morgan fingerprint density at radius 3 is 1.93 bits per heavy atom. The van der Waals surface area contributed by atoms with Gasteiger partial charge in [-0.15, -0.1) is 0 Å². The van der Waals surface area contributed by atoms with E-state index in [9.17, 15) is 9.59 Å². The number of rotatable bonds is 8. The highest BCUT2D eigenvalue weighted by atomic mass is 16.5. The molecule has 2 amide bonds. The fourth-order valence-electron chi connectivity index (χ4n) is 2.51. The van der Waals surface area contributed by atoms with Gasteiger partial charge in [-0.25, -0.2) is 5.84 Å². The summed E-state index contributed by atoms with van der Waals surface area (Å²) in [6.45, 7) is 0. The Morgan fingerprint density at radius 1 is 0.897 bits per heavy atom. The third-order valence-electron chi connectivity index (χ3n) is 3.98. The van der Waals surface area contributed by atoms with E-state index in [2.05, 4.69) is 5.32 Å². The van der Waals surface area contributed by atoms with Gasteiger partial charge in [-0.05, 0) is 35.9 Å². The van der Waals surface area contributed by atoms with Gasteiger partial charge < -0.3 is 24.3 Å². The highest BCUT2D eigenvalue weighted by molar-refractivity contribution is 6.05. The summed E-state index contributed by atoms with van der Waals surface area (Å²) in [4.78, 5) is 24.9. The Balaban J connectivity index is 2.37. The van der Waals surface area contributed by atoms with Crippen LogP contribution in [0.4, 0.5) is 0 Å². The molecule has 2 rings (SSSR count). The summed E-state index contributed by atoms with van der Waals surface area (Å²) in [5.41, 5.74) is 2.83. The van der Waals surface area contributed by atoms with Gasteiger partial charge in [0.25, 0.3) is 11.8 Å². The third kappa shape index (κ3) is 5.17. The highest BCUT2D eigenvalue weighted by Gasteiger charge is 2.19. The minimum absolute atomic E-state index is 0.0450. The van der Waals surface area contributed by atoms with Crippen molar-refractivity contribution in [1.82, 2.24) is 10.7 Å². The lowest BCUT2D eigenvalue weighted by molar-refractivity contribution is -0.117. The summed E-state index contributed by atoms with van der Waals surface area (Å²) in [6.07, 6.45) is 1.48. The molecule has 0 atom stereocenters. The van der Waals surface area contributed by atoms with Crippen LogP contribution in [-0.2, 0) is 4.79 Å². The zero-order chi connectivity index (χ0) is 21.4. The van der Waals surface area contributed by atoms with Crippen LogP contribution in [0.2, 0.25) is 0 Å². The number of methoxy groups -OCH3 is 4. The van der Waals surface area contributed by atoms with Gasteiger partial charge in [-0.3, -0.25) is 15.0 Å². The molecule has 154 valence electrons. The number of hydrogen-bond acceptors (Lipinski definition) is 7. The van der Waals surface area contributed by atoms with Crippen molar-refractivity contribution in [3.63, 3.8) is 0 Å². The summed E-state index contributed by atoms with van der Waals surface area (Å²) in [6, 6.07) is 9.86. The Hall–Kier alpha value is -3.72. The quantitative estimate of drug-likeness (QED) is 0.265. The largest absolute Gasteiger partial charge is 0.497 e. The third-order valence-corrected chi connectivity index (χ3v) is 3.98. The molecule has 0 aromatic heterocycles. The van der Waals surface area contributed by atoms with E-state index < -0.39 is 11.8 Å². The molecule has 0 bridgehead atoms. The van der Waals surface area contributed by atoms with Gasteiger partial charge in [0.1, 0.15) is 11.4 Å². The van der Waals surface area contributed by atoms with Crippen molar-refractivity contribution >= 4 is 17.9 Å². The first kappa shape index (κ1) is 21.6. The molecule has 0 fully saturated rings. The molecule has 2 aromatic rings. The lowest BCUT2D eigenvalue weighted by Crippen LogP contribution is -2.38. The van der Waals surface area contributed by atoms with Crippen molar-refractivity contribution in [3.05, 3.63) is 53.2 Å². The van der Waals surface area contributed by atoms with Crippen molar-refractivity contribution in [2.75, 3.05) is 28.4 Å². The molecule has 0 radical (unpaired) electrons. The maximum atomic E-state index is 12.8. The topological polar surface area (TPSA) is 121 Å². The van der Waals surface area contributed by atoms with Crippen molar-refractivity contribution in [3.8, 4) is 23.0 Å². The number of hydrogen-bond donors (Lipinski definition) is 3. The molecule has 0 spiro atoms. The first-order valence-corrected chi connectivity index (χ1v) is 8.45. The van der Waals surface area contributed by atoms with Gasteiger partial charge in [-0.1, -0.05) is 12.1 Å². The molecule has 0 aliphatic carbocycles. The van der Waals surface area contributed by atoms with E-state index in [0.717, 1.165) is 0 Å². The van der Waals surface area contributed by atoms with Crippen LogP contribution >= 0.6 is 0 Å². The summed E-state index contributed by atoms with van der Waals surface area (Å²) in [7, 11) is 5.89. The molecular weight excluding hydrogens is 378 g/mol. The Kier molecular flexibility index (Phi) is 7.44. The normalized spacial score (nSPS) is 10.7. The van der Waals surface area contributed by atoms with Gasteiger partial charge in [-0.2, -0.15) is 0 Å². The van der Waals surface area contributed by atoms with Gasteiger partial charge >= 0.3 is 0 Å². The van der Waals surface area contributed by atoms with Crippen molar-refractivity contribution < 1.29 is 28.5 Å². The maximum Gasteiger partial charge on any atom is 0.281 e. The molecule has 0 aliphatic heterocycles. The molecule has 9 heteroatoms. The SMILES string of the molecule is COc1ccc(/C=C(\NC(=O)c2cc(OC)c(OC)c(OC)c2)C(=O)NN)cc1. The van der Waals surface area contributed by atoms with Crippen LogP contribution in [0.25, 0.3) is 6.08 Å². The standard InChI is InChI=1S/C20H23N3O6/c1-26-14-7-5-12(6-8-14)9-15(20(25)23-21)22-19(24)13-10-16(27-2)18(29-4)17(11-13)28-3/h5-11H,21H2,1-4H3,(H,22,24)(H,23,25)/b15-9-. The van der Waals surface area contributed by atoms with Crippen molar-refractivity contribution in [2.24, 2.45) is 5.84 Å². The van der Waals surface area contributed by atoms with Crippen LogP contribution < -0.4 is 35.5 Å². The van der Waals surface area contributed by atoms with Gasteiger partial charge in [0.15, 0.2) is 11.5 Å². The van der Waals surface area contributed by atoms with Crippen LogP contribution in [0.3, 0.4) is 0 Å². The Labute approximate surface area is 168 Å². The minimum atomic E-state index is -0.665. The first-order chi connectivity index (χ1) is 14.0. The number of amides is 2. The maximum absolute atomic E-state index is 12.8.